The summed E-state index contributed by atoms with van der Waals surface area (Å²) in [5.41, 5.74) is -1.46. The molecular formula is C10H14FN2O8P. The lowest BCUT2D eigenvalue weighted by molar-refractivity contribution is -0.0484. The minimum absolute atomic E-state index is 0.125. The zero-order valence-corrected chi connectivity index (χ0v) is 12.1. The Balaban J connectivity index is 2.23. The van der Waals surface area contributed by atoms with Crippen molar-refractivity contribution in [3.05, 3.63) is 32.6 Å². The number of aliphatic hydroxyl groups excluding tert-OH is 1. The Morgan fingerprint density at radius 3 is 2.73 bits per heavy atom. The maximum atomic E-state index is 14.1. The fraction of sp³-hybridized carbons (Fsp3) is 0.600. The van der Waals surface area contributed by atoms with Crippen LogP contribution in [-0.4, -0.2) is 49.4 Å². The van der Waals surface area contributed by atoms with E-state index in [1.807, 2.05) is 4.98 Å². The first-order valence-electron chi connectivity index (χ1n) is 6.10. The van der Waals surface area contributed by atoms with E-state index in [1.54, 1.807) is 0 Å². The average Bonchev–Trinajstić information content (AvgIpc) is 2.68. The molecule has 22 heavy (non-hydrogen) atoms. The quantitative estimate of drug-likeness (QED) is 0.486. The molecule has 0 amide bonds. The number of aliphatic hydroxyl groups is 1. The Bertz CT molecular complexity index is 712. The summed E-state index contributed by atoms with van der Waals surface area (Å²) in [6.07, 6.45) is -5.67. The summed E-state index contributed by atoms with van der Waals surface area (Å²) < 4.78 is 34.7. The van der Waals surface area contributed by atoms with E-state index in [-0.39, 0.29) is 5.56 Å². The van der Waals surface area contributed by atoms with Gasteiger partial charge in [0.25, 0.3) is 5.56 Å². The van der Waals surface area contributed by atoms with Crippen molar-refractivity contribution in [2.24, 2.45) is 0 Å². The Morgan fingerprint density at radius 2 is 2.14 bits per heavy atom. The first kappa shape index (κ1) is 17.0. The monoisotopic (exact) mass is 339 g/mol. The van der Waals surface area contributed by atoms with Gasteiger partial charge in [-0.05, 0) is 6.92 Å². The number of rotatable bonds is 4. The number of H-pyrrole nitrogens is 1. The van der Waals surface area contributed by atoms with Gasteiger partial charge in [0.2, 0.25) is 0 Å². The molecule has 0 saturated carbocycles. The van der Waals surface area contributed by atoms with Gasteiger partial charge in [0.15, 0.2) is 12.4 Å². The van der Waals surface area contributed by atoms with E-state index in [9.17, 15) is 23.7 Å². The van der Waals surface area contributed by atoms with E-state index in [0.29, 0.717) is 0 Å². The molecule has 0 bridgehead atoms. The second kappa shape index (κ2) is 6.03. The summed E-state index contributed by atoms with van der Waals surface area (Å²) in [7, 11) is -4.81. The van der Waals surface area contributed by atoms with Crippen molar-refractivity contribution in [1.29, 1.82) is 0 Å². The molecule has 0 aliphatic carbocycles. The van der Waals surface area contributed by atoms with Crippen molar-refractivity contribution in [2.45, 2.75) is 31.5 Å². The first-order valence-corrected chi connectivity index (χ1v) is 7.63. The van der Waals surface area contributed by atoms with E-state index in [0.717, 1.165) is 10.8 Å². The van der Waals surface area contributed by atoms with Gasteiger partial charge in [-0.15, -0.1) is 0 Å². The number of ether oxygens (including phenoxy) is 1. The van der Waals surface area contributed by atoms with Crippen LogP contribution in [0.2, 0.25) is 0 Å². The predicted octanol–water partition coefficient (Wildman–Crippen LogP) is -1.45. The predicted molar refractivity (Wildman–Crippen MR) is 68.9 cm³/mol. The van der Waals surface area contributed by atoms with Crippen molar-refractivity contribution in [1.82, 2.24) is 9.55 Å². The molecule has 0 aromatic carbocycles. The number of alkyl halides is 1. The van der Waals surface area contributed by atoms with Crippen molar-refractivity contribution in [2.75, 3.05) is 6.61 Å². The highest BCUT2D eigenvalue weighted by Gasteiger charge is 2.46. The van der Waals surface area contributed by atoms with Gasteiger partial charge >= 0.3 is 13.5 Å². The SMILES string of the molecule is [11CH3]c1cn([C@@H]2O[C@H](COP(=O)(O)O)[C@@H](O)[C@@H]2F)c(=O)[nH]c1=O. The molecule has 1 aliphatic heterocycles. The number of aryl methyl sites for hydroxylation is 1. The van der Waals surface area contributed by atoms with Crippen LogP contribution in [0.25, 0.3) is 0 Å². The molecule has 4 N–H and O–H groups in total. The van der Waals surface area contributed by atoms with Gasteiger partial charge in [0.05, 0.1) is 6.61 Å². The van der Waals surface area contributed by atoms with Crippen LogP contribution in [0.1, 0.15) is 11.8 Å². The molecule has 1 aromatic heterocycles. The third kappa shape index (κ3) is 3.51. The summed E-state index contributed by atoms with van der Waals surface area (Å²) in [6.45, 7) is 0.626. The van der Waals surface area contributed by atoms with Crippen LogP contribution in [0.4, 0.5) is 4.39 Å². The molecular weight excluding hydrogens is 325 g/mol. The maximum absolute atomic E-state index is 14.1. The van der Waals surface area contributed by atoms with Crippen LogP contribution in [0.3, 0.4) is 0 Å². The third-order valence-electron chi connectivity index (χ3n) is 3.12. The van der Waals surface area contributed by atoms with Crippen molar-refractivity contribution >= 4 is 7.82 Å². The van der Waals surface area contributed by atoms with Gasteiger partial charge in [-0.25, -0.2) is 13.8 Å². The molecule has 10 nitrogen and oxygen atoms in total. The van der Waals surface area contributed by atoms with E-state index < -0.39 is 50.3 Å². The van der Waals surface area contributed by atoms with Gasteiger partial charge in [0, 0.05) is 11.8 Å². The summed E-state index contributed by atoms with van der Waals surface area (Å²) in [6, 6.07) is 0. The number of halogens is 1. The van der Waals surface area contributed by atoms with E-state index in [4.69, 9.17) is 14.5 Å². The number of nitrogens with zero attached hydrogens (tertiary/aromatic N) is 1. The van der Waals surface area contributed by atoms with Crippen LogP contribution in [0.5, 0.6) is 0 Å². The minimum Gasteiger partial charge on any atom is -0.387 e. The van der Waals surface area contributed by atoms with Crippen LogP contribution in [-0.2, 0) is 13.8 Å². The number of hydrogen-bond donors (Lipinski definition) is 4. The van der Waals surface area contributed by atoms with Gasteiger partial charge in [-0.2, -0.15) is 0 Å². The van der Waals surface area contributed by atoms with E-state index in [2.05, 4.69) is 4.52 Å². The Morgan fingerprint density at radius 1 is 1.50 bits per heavy atom. The van der Waals surface area contributed by atoms with Gasteiger partial charge < -0.3 is 19.6 Å². The summed E-state index contributed by atoms with van der Waals surface area (Å²) in [5.74, 6) is 0. The fourth-order valence-corrected chi connectivity index (χ4v) is 2.35. The summed E-state index contributed by atoms with van der Waals surface area (Å²) in [5, 5.41) is 9.68. The van der Waals surface area contributed by atoms with Crippen molar-refractivity contribution < 1.29 is 33.1 Å². The van der Waals surface area contributed by atoms with Crippen LogP contribution in [0, 0.1) is 6.92 Å². The second-order valence-electron chi connectivity index (χ2n) is 4.77. The Kier molecular flexibility index (Phi) is 4.66. The molecule has 1 fully saturated rings. The zero-order valence-electron chi connectivity index (χ0n) is 11.2. The number of phosphoric ester groups is 1. The largest absolute Gasteiger partial charge is 0.469 e. The third-order valence-corrected chi connectivity index (χ3v) is 3.61. The molecule has 1 aliphatic rings. The number of aromatic nitrogens is 2. The molecule has 12 heteroatoms. The van der Waals surface area contributed by atoms with Crippen LogP contribution >= 0.6 is 7.82 Å². The highest BCUT2D eigenvalue weighted by atomic mass is 31.2. The molecule has 1 aromatic rings. The normalized spacial score (nSPS) is 29.0. The molecule has 2 rings (SSSR count). The molecule has 2 heterocycles. The Labute approximate surface area is 122 Å². The second-order valence-corrected chi connectivity index (χ2v) is 6.00. The highest BCUT2D eigenvalue weighted by Crippen LogP contribution is 2.38. The fourth-order valence-electron chi connectivity index (χ4n) is 2.01. The molecule has 4 atom stereocenters. The van der Waals surface area contributed by atoms with Gasteiger partial charge in [-0.3, -0.25) is 18.9 Å². The molecule has 1 saturated heterocycles. The van der Waals surface area contributed by atoms with Crippen LogP contribution in [0.15, 0.2) is 15.8 Å². The topological polar surface area (TPSA) is 151 Å². The summed E-state index contributed by atoms with van der Waals surface area (Å²) >= 11 is 0. The number of nitrogens with one attached hydrogen (secondary N) is 1. The average molecular weight is 339 g/mol. The number of phosphoric acid groups is 1. The molecule has 0 radical (unpaired) electrons. The lowest BCUT2D eigenvalue weighted by Crippen LogP contribution is -2.36. The smallest absolute Gasteiger partial charge is 0.387 e. The maximum Gasteiger partial charge on any atom is 0.469 e. The van der Waals surface area contributed by atoms with Crippen molar-refractivity contribution in [3.8, 4) is 0 Å². The molecule has 0 spiro atoms. The van der Waals surface area contributed by atoms with Crippen molar-refractivity contribution in [3.63, 3.8) is 0 Å². The zero-order chi connectivity index (χ0) is 16.7. The number of aromatic amines is 1. The van der Waals surface area contributed by atoms with Gasteiger partial charge in [0.1, 0.15) is 12.2 Å². The van der Waals surface area contributed by atoms with Gasteiger partial charge in [-0.1, -0.05) is 0 Å². The van der Waals surface area contributed by atoms with E-state index >= 15 is 0 Å². The highest BCUT2D eigenvalue weighted by molar-refractivity contribution is 7.46. The standard InChI is InChI=1S/C10H14FN2O8P/c1-4-2-13(10(16)12-8(4)15)9-6(11)7(14)5(21-9)3-20-22(17,18)19/h2,5-7,9,14H,3H2,1H3,(H,12,15,16)(H2,17,18,19)/t5-,6+,7-,9-/m1/s1/i1-1. The lowest BCUT2D eigenvalue weighted by Gasteiger charge is -2.16. The lowest BCUT2D eigenvalue weighted by atomic mass is 10.1. The number of hydrogen-bond acceptors (Lipinski definition) is 6. The first-order chi connectivity index (χ1) is 10.1. The van der Waals surface area contributed by atoms with Crippen LogP contribution < -0.4 is 11.2 Å². The van der Waals surface area contributed by atoms with E-state index in [1.165, 1.54) is 6.92 Å². The minimum atomic E-state index is -4.81. The Hall–Kier alpha value is -1.36. The summed E-state index contributed by atoms with van der Waals surface area (Å²) in [4.78, 5) is 42.1. The molecule has 0 unspecified atom stereocenters. The molecule has 124 valence electrons.